The third kappa shape index (κ3) is 1.76. The minimum Gasteiger partial charge on any atom is -0.336 e. The van der Waals surface area contributed by atoms with Crippen LogP contribution in [0.1, 0.15) is 21.5 Å². The van der Waals surface area contributed by atoms with Crippen molar-refractivity contribution in [3.63, 3.8) is 0 Å². The Kier molecular flexibility index (Phi) is 2.42. The Morgan fingerprint density at radius 1 is 1.19 bits per heavy atom. The number of hydrogen-bond donors (Lipinski definition) is 0. The molecule has 2 aromatic heterocycles. The zero-order valence-corrected chi connectivity index (χ0v) is 12.0. The number of anilines is 1. The van der Waals surface area contributed by atoms with Crippen molar-refractivity contribution in [2.24, 2.45) is 7.05 Å². The van der Waals surface area contributed by atoms with Crippen LogP contribution in [0.4, 0.5) is 5.69 Å². The smallest absolute Gasteiger partial charge is 0.258 e. The summed E-state index contributed by atoms with van der Waals surface area (Å²) in [6.07, 6.45) is 3.75. The van der Waals surface area contributed by atoms with E-state index in [2.05, 4.69) is 4.98 Å². The molecule has 4 rings (SSSR count). The Hall–Kier alpha value is -2.62. The van der Waals surface area contributed by atoms with E-state index in [0.29, 0.717) is 6.54 Å². The van der Waals surface area contributed by atoms with Gasteiger partial charge in [0.25, 0.3) is 5.91 Å². The Morgan fingerprint density at radius 3 is 2.90 bits per heavy atom. The Labute approximate surface area is 122 Å². The summed E-state index contributed by atoms with van der Waals surface area (Å²) in [6, 6.07) is 10.1. The molecule has 0 radical (unpaired) electrons. The highest BCUT2D eigenvalue weighted by molar-refractivity contribution is 6.10. The molecule has 4 nitrogen and oxygen atoms in total. The number of aromatic nitrogens is 2. The van der Waals surface area contributed by atoms with Crippen LogP contribution in [-0.2, 0) is 13.6 Å². The Balaban J connectivity index is 1.78. The number of nitrogens with zero attached hydrogens (tertiary/aromatic N) is 3. The van der Waals surface area contributed by atoms with Crippen LogP contribution in [0.2, 0.25) is 0 Å². The lowest BCUT2D eigenvalue weighted by Gasteiger charge is -2.15. The van der Waals surface area contributed by atoms with Crippen LogP contribution in [0.25, 0.3) is 11.0 Å². The lowest BCUT2D eigenvalue weighted by Crippen LogP contribution is -2.23. The summed E-state index contributed by atoms with van der Waals surface area (Å²) >= 11 is 0. The van der Waals surface area contributed by atoms with Crippen LogP contribution in [0.15, 0.2) is 42.7 Å². The first-order chi connectivity index (χ1) is 10.1. The quantitative estimate of drug-likeness (QED) is 0.685. The maximum Gasteiger partial charge on any atom is 0.258 e. The molecule has 0 bridgehead atoms. The second-order valence-corrected chi connectivity index (χ2v) is 5.58. The Bertz CT molecular complexity index is 879. The van der Waals surface area contributed by atoms with Crippen LogP contribution >= 0.6 is 0 Å². The van der Waals surface area contributed by atoms with Gasteiger partial charge >= 0.3 is 0 Å². The maximum absolute atomic E-state index is 12.6. The van der Waals surface area contributed by atoms with Gasteiger partial charge in [0.15, 0.2) is 0 Å². The predicted octanol–water partition coefficient (Wildman–Crippen LogP) is 3.04. The third-order valence-corrected chi connectivity index (χ3v) is 4.07. The Morgan fingerprint density at radius 2 is 2.05 bits per heavy atom. The summed E-state index contributed by atoms with van der Waals surface area (Å²) in [6.45, 7) is 2.63. The first-order valence-corrected chi connectivity index (χ1v) is 6.96. The van der Waals surface area contributed by atoms with Gasteiger partial charge in [-0.25, -0.2) is 4.98 Å². The van der Waals surface area contributed by atoms with Gasteiger partial charge in [-0.05, 0) is 30.7 Å². The van der Waals surface area contributed by atoms with Crippen molar-refractivity contribution in [1.29, 1.82) is 0 Å². The van der Waals surface area contributed by atoms with Crippen molar-refractivity contribution < 1.29 is 4.79 Å². The van der Waals surface area contributed by atoms with E-state index in [4.69, 9.17) is 0 Å². The molecule has 1 aromatic carbocycles. The molecule has 0 unspecified atom stereocenters. The number of amides is 1. The fourth-order valence-corrected chi connectivity index (χ4v) is 2.91. The summed E-state index contributed by atoms with van der Waals surface area (Å²) < 4.78 is 1.98. The lowest BCUT2D eigenvalue weighted by molar-refractivity contribution is 0.0996. The van der Waals surface area contributed by atoms with Gasteiger partial charge < -0.3 is 9.47 Å². The second kappa shape index (κ2) is 4.19. The van der Waals surface area contributed by atoms with E-state index in [9.17, 15) is 4.79 Å². The summed E-state index contributed by atoms with van der Waals surface area (Å²) in [5.74, 6) is 0.0609. The van der Waals surface area contributed by atoms with Gasteiger partial charge in [0.2, 0.25) is 0 Å². The van der Waals surface area contributed by atoms with Crippen molar-refractivity contribution in [3.05, 3.63) is 59.4 Å². The molecular weight excluding hydrogens is 262 g/mol. The van der Waals surface area contributed by atoms with Crippen molar-refractivity contribution in [3.8, 4) is 0 Å². The fraction of sp³-hybridized carbons (Fsp3) is 0.176. The minimum atomic E-state index is 0.0609. The van der Waals surface area contributed by atoms with E-state index in [0.717, 1.165) is 33.4 Å². The number of benzene rings is 1. The van der Waals surface area contributed by atoms with E-state index >= 15 is 0 Å². The highest BCUT2D eigenvalue weighted by Crippen LogP contribution is 2.30. The van der Waals surface area contributed by atoms with E-state index < -0.39 is 0 Å². The first kappa shape index (κ1) is 12.1. The summed E-state index contributed by atoms with van der Waals surface area (Å²) in [7, 11) is 1.97. The molecule has 4 heteroatoms. The van der Waals surface area contributed by atoms with Gasteiger partial charge in [0.1, 0.15) is 5.65 Å². The van der Waals surface area contributed by atoms with Gasteiger partial charge in [-0.1, -0.05) is 17.7 Å². The van der Waals surface area contributed by atoms with Crippen LogP contribution in [0.3, 0.4) is 0 Å². The highest BCUT2D eigenvalue weighted by Gasteiger charge is 2.28. The molecule has 0 aliphatic carbocycles. The standard InChI is InChI=1S/C17H15N3O/c1-11-3-4-13-10-20(17(21)15(13)7-11)14-8-12-5-6-19(2)16(12)18-9-14/h3-9H,10H2,1-2H3. The average Bonchev–Trinajstić information content (AvgIpc) is 3.01. The maximum atomic E-state index is 12.6. The van der Waals surface area contributed by atoms with Gasteiger partial charge in [-0.3, -0.25) is 4.79 Å². The summed E-state index contributed by atoms with van der Waals surface area (Å²) in [4.78, 5) is 18.8. The molecule has 3 heterocycles. The molecular formula is C17H15N3O. The zero-order chi connectivity index (χ0) is 14.6. The van der Waals surface area contributed by atoms with E-state index in [-0.39, 0.29) is 5.91 Å². The lowest BCUT2D eigenvalue weighted by atomic mass is 10.1. The van der Waals surface area contributed by atoms with Gasteiger partial charge in [-0.2, -0.15) is 0 Å². The molecule has 0 atom stereocenters. The van der Waals surface area contributed by atoms with Gasteiger partial charge in [0, 0.05) is 24.2 Å². The van der Waals surface area contributed by atoms with Crippen molar-refractivity contribution >= 4 is 22.6 Å². The fourth-order valence-electron chi connectivity index (χ4n) is 2.91. The number of fused-ring (bicyclic) bond motifs is 2. The monoisotopic (exact) mass is 277 g/mol. The minimum absolute atomic E-state index is 0.0609. The van der Waals surface area contributed by atoms with Crippen molar-refractivity contribution in [1.82, 2.24) is 9.55 Å². The first-order valence-electron chi connectivity index (χ1n) is 6.96. The average molecular weight is 277 g/mol. The van der Waals surface area contributed by atoms with E-state index in [1.54, 1.807) is 11.1 Å². The SMILES string of the molecule is Cc1ccc2c(c1)C(=O)N(c1cnc3c(ccn3C)c1)C2. The number of carbonyl (C=O) groups is 1. The van der Waals surface area contributed by atoms with Crippen LogP contribution < -0.4 is 4.90 Å². The molecule has 1 aliphatic rings. The molecule has 0 spiro atoms. The molecule has 1 amide bonds. The van der Waals surface area contributed by atoms with Crippen LogP contribution in [0.5, 0.6) is 0 Å². The number of aryl methyl sites for hydroxylation is 2. The van der Waals surface area contributed by atoms with E-state index in [1.165, 1.54) is 0 Å². The molecule has 0 N–H and O–H groups in total. The van der Waals surface area contributed by atoms with Crippen molar-refractivity contribution in [2.75, 3.05) is 4.90 Å². The van der Waals surface area contributed by atoms with Gasteiger partial charge in [0.05, 0.1) is 18.4 Å². The number of rotatable bonds is 1. The van der Waals surface area contributed by atoms with Crippen LogP contribution in [0, 0.1) is 6.92 Å². The third-order valence-electron chi connectivity index (χ3n) is 4.07. The number of carbonyl (C=O) groups excluding carboxylic acids is 1. The van der Waals surface area contributed by atoms with Crippen LogP contribution in [-0.4, -0.2) is 15.5 Å². The normalized spacial score (nSPS) is 14.0. The molecule has 3 aromatic rings. The van der Waals surface area contributed by atoms with Gasteiger partial charge in [-0.15, -0.1) is 0 Å². The topological polar surface area (TPSA) is 38.1 Å². The number of hydrogen-bond acceptors (Lipinski definition) is 2. The largest absolute Gasteiger partial charge is 0.336 e. The number of pyridine rings is 1. The molecule has 104 valence electrons. The van der Waals surface area contributed by atoms with E-state index in [1.807, 2.05) is 55.1 Å². The second-order valence-electron chi connectivity index (χ2n) is 5.58. The summed E-state index contributed by atoms with van der Waals surface area (Å²) in [5, 5.41) is 1.05. The van der Waals surface area contributed by atoms with Crippen molar-refractivity contribution in [2.45, 2.75) is 13.5 Å². The predicted molar refractivity (Wildman–Crippen MR) is 82.4 cm³/mol. The molecule has 0 saturated heterocycles. The molecule has 0 fully saturated rings. The highest BCUT2D eigenvalue weighted by atomic mass is 16.2. The molecule has 21 heavy (non-hydrogen) atoms. The molecule has 0 saturated carbocycles. The summed E-state index contributed by atoms with van der Waals surface area (Å²) in [5.41, 5.74) is 4.79. The molecule has 1 aliphatic heterocycles. The zero-order valence-electron chi connectivity index (χ0n) is 12.0.